The van der Waals surface area contributed by atoms with Crippen molar-refractivity contribution >= 4 is 28.9 Å². The van der Waals surface area contributed by atoms with Crippen LogP contribution in [0, 0.1) is 19.7 Å². The SMILES string of the molecule is Cc1cc([C@@H]2[C@@H](c3ccccn3)NC(=S)N2CCC(=O)Nc2ccc(F)cc2)c(C)n1C. The van der Waals surface area contributed by atoms with Crippen LogP contribution in [-0.4, -0.2) is 32.0 Å². The number of nitrogens with zero attached hydrogens (tertiary/aromatic N) is 3. The van der Waals surface area contributed by atoms with Crippen LogP contribution in [0.25, 0.3) is 0 Å². The lowest BCUT2D eigenvalue weighted by Gasteiger charge is -2.28. The number of hydrogen-bond donors (Lipinski definition) is 2. The van der Waals surface area contributed by atoms with E-state index in [2.05, 4.69) is 45.0 Å². The molecule has 3 aromatic rings. The molecule has 4 rings (SSSR count). The van der Waals surface area contributed by atoms with Crippen LogP contribution in [0.5, 0.6) is 0 Å². The van der Waals surface area contributed by atoms with Gasteiger partial charge in [0, 0.05) is 43.3 Å². The number of thiocarbonyl (C=S) groups is 1. The highest BCUT2D eigenvalue weighted by atomic mass is 32.1. The summed E-state index contributed by atoms with van der Waals surface area (Å²) < 4.78 is 15.3. The Balaban J connectivity index is 1.57. The van der Waals surface area contributed by atoms with Gasteiger partial charge in [-0.15, -0.1) is 0 Å². The van der Waals surface area contributed by atoms with Gasteiger partial charge < -0.3 is 20.1 Å². The number of aryl methyl sites for hydroxylation is 1. The Hall–Kier alpha value is -3.26. The van der Waals surface area contributed by atoms with Gasteiger partial charge in [0.25, 0.3) is 0 Å². The molecule has 0 aliphatic carbocycles. The quantitative estimate of drug-likeness (QED) is 0.551. The van der Waals surface area contributed by atoms with E-state index in [4.69, 9.17) is 12.2 Å². The molecule has 0 bridgehead atoms. The molecule has 2 atom stereocenters. The summed E-state index contributed by atoms with van der Waals surface area (Å²) in [4.78, 5) is 19.2. The van der Waals surface area contributed by atoms with Crippen LogP contribution in [0.2, 0.25) is 0 Å². The normalized spacial score (nSPS) is 18.0. The second-order valence-corrected chi connectivity index (χ2v) is 8.40. The smallest absolute Gasteiger partial charge is 0.226 e. The number of anilines is 1. The number of nitrogens with one attached hydrogen (secondary N) is 2. The first-order chi connectivity index (χ1) is 15.3. The molecule has 1 aliphatic heterocycles. The van der Waals surface area contributed by atoms with Gasteiger partial charge in [0.05, 0.1) is 17.8 Å². The highest BCUT2D eigenvalue weighted by molar-refractivity contribution is 7.80. The molecule has 1 aliphatic rings. The number of hydrogen-bond acceptors (Lipinski definition) is 3. The number of rotatable bonds is 6. The third-order valence-electron chi connectivity index (χ3n) is 6.04. The van der Waals surface area contributed by atoms with E-state index in [1.54, 1.807) is 18.3 Å². The maximum atomic E-state index is 13.1. The number of amides is 1. The molecule has 6 nitrogen and oxygen atoms in total. The van der Waals surface area contributed by atoms with E-state index in [1.807, 2.05) is 25.2 Å². The lowest BCUT2D eigenvalue weighted by atomic mass is 9.96. The number of pyridine rings is 1. The topological polar surface area (TPSA) is 62.2 Å². The second-order valence-electron chi connectivity index (χ2n) is 8.01. The van der Waals surface area contributed by atoms with Gasteiger partial charge in [-0.3, -0.25) is 9.78 Å². The molecular formula is C24H26FN5OS. The fraction of sp³-hybridized carbons (Fsp3) is 0.292. The van der Waals surface area contributed by atoms with Crippen molar-refractivity contribution in [2.45, 2.75) is 32.4 Å². The summed E-state index contributed by atoms with van der Waals surface area (Å²) in [6.45, 7) is 4.62. The van der Waals surface area contributed by atoms with Crippen LogP contribution in [0.4, 0.5) is 10.1 Å². The summed E-state index contributed by atoms with van der Waals surface area (Å²) in [5.74, 6) is -0.492. The highest BCUT2D eigenvalue weighted by Crippen LogP contribution is 2.40. The van der Waals surface area contributed by atoms with Crippen molar-refractivity contribution in [2.24, 2.45) is 7.05 Å². The van der Waals surface area contributed by atoms with E-state index in [0.29, 0.717) is 17.3 Å². The van der Waals surface area contributed by atoms with Crippen LogP contribution < -0.4 is 10.6 Å². The Kier molecular flexibility index (Phi) is 6.23. The lowest BCUT2D eigenvalue weighted by Crippen LogP contribution is -2.32. The van der Waals surface area contributed by atoms with Gasteiger partial charge in [-0.25, -0.2) is 4.39 Å². The molecule has 0 spiro atoms. The molecule has 1 aromatic carbocycles. The number of carbonyl (C=O) groups is 1. The molecule has 2 N–H and O–H groups in total. The van der Waals surface area contributed by atoms with Gasteiger partial charge in [0.15, 0.2) is 5.11 Å². The first kappa shape index (κ1) is 22.0. The predicted molar refractivity (Wildman–Crippen MR) is 127 cm³/mol. The minimum atomic E-state index is -0.339. The first-order valence-electron chi connectivity index (χ1n) is 10.5. The van der Waals surface area contributed by atoms with E-state index >= 15 is 0 Å². The van der Waals surface area contributed by atoms with Crippen molar-refractivity contribution in [3.63, 3.8) is 0 Å². The average molecular weight is 452 g/mol. The summed E-state index contributed by atoms with van der Waals surface area (Å²) in [7, 11) is 2.05. The molecule has 8 heteroatoms. The molecule has 1 fully saturated rings. The molecule has 1 saturated heterocycles. The van der Waals surface area contributed by atoms with Crippen molar-refractivity contribution in [3.05, 3.63) is 83.2 Å². The van der Waals surface area contributed by atoms with E-state index in [9.17, 15) is 9.18 Å². The van der Waals surface area contributed by atoms with Crippen molar-refractivity contribution in [1.29, 1.82) is 0 Å². The number of aromatic nitrogens is 2. The summed E-state index contributed by atoms with van der Waals surface area (Å²) in [5, 5.41) is 6.83. The van der Waals surface area contributed by atoms with Crippen LogP contribution in [0.1, 0.15) is 41.1 Å². The summed E-state index contributed by atoms with van der Waals surface area (Å²) in [6.07, 6.45) is 2.02. The lowest BCUT2D eigenvalue weighted by molar-refractivity contribution is -0.116. The molecule has 0 unspecified atom stereocenters. The predicted octanol–water partition coefficient (Wildman–Crippen LogP) is 4.18. The first-order valence-corrected chi connectivity index (χ1v) is 10.9. The molecule has 32 heavy (non-hydrogen) atoms. The van der Waals surface area contributed by atoms with Crippen LogP contribution in [0.3, 0.4) is 0 Å². The molecule has 1 amide bonds. The minimum Gasteiger partial charge on any atom is -0.352 e. The number of carbonyl (C=O) groups excluding carboxylic acids is 1. The second kappa shape index (κ2) is 9.08. The van der Waals surface area contributed by atoms with Crippen molar-refractivity contribution < 1.29 is 9.18 Å². The fourth-order valence-electron chi connectivity index (χ4n) is 4.15. The van der Waals surface area contributed by atoms with Gasteiger partial charge >= 0.3 is 0 Å². The monoisotopic (exact) mass is 451 g/mol. The summed E-state index contributed by atoms with van der Waals surface area (Å²) in [6, 6.07) is 13.6. The zero-order valence-electron chi connectivity index (χ0n) is 18.3. The van der Waals surface area contributed by atoms with Gasteiger partial charge in [-0.2, -0.15) is 0 Å². The molecular weight excluding hydrogens is 425 g/mol. The molecule has 2 aromatic heterocycles. The van der Waals surface area contributed by atoms with Gasteiger partial charge in [0.2, 0.25) is 5.91 Å². The summed E-state index contributed by atoms with van der Waals surface area (Å²) >= 11 is 5.68. The zero-order chi connectivity index (χ0) is 22.8. The van der Waals surface area contributed by atoms with E-state index in [0.717, 1.165) is 22.6 Å². The number of halogens is 1. The Morgan fingerprint density at radius 1 is 1.22 bits per heavy atom. The largest absolute Gasteiger partial charge is 0.352 e. The van der Waals surface area contributed by atoms with Gasteiger partial charge in [-0.05, 0) is 74.1 Å². The third-order valence-corrected chi connectivity index (χ3v) is 6.39. The average Bonchev–Trinajstić information content (AvgIpc) is 3.25. The molecule has 3 heterocycles. The van der Waals surface area contributed by atoms with E-state index in [-0.39, 0.29) is 30.2 Å². The fourth-order valence-corrected chi connectivity index (χ4v) is 4.48. The van der Waals surface area contributed by atoms with Crippen molar-refractivity contribution in [1.82, 2.24) is 19.8 Å². The molecule has 166 valence electrons. The van der Waals surface area contributed by atoms with Crippen molar-refractivity contribution in [3.8, 4) is 0 Å². The van der Waals surface area contributed by atoms with Gasteiger partial charge in [0.1, 0.15) is 5.82 Å². The molecule has 0 saturated carbocycles. The zero-order valence-corrected chi connectivity index (χ0v) is 19.1. The van der Waals surface area contributed by atoms with Crippen LogP contribution in [-0.2, 0) is 11.8 Å². The summed E-state index contributed by atoms with van der Waals surface area (Å²) in [5.41, 5.74) is 4.94. The minimum absolute atomic E-state index is 0.0871. The van der Waals surface area contributed by atoms with Gasteiger partial charge in [-0.1, -0.05) is 6.07 Å². The standard InChI is InChI=1S/C24H26FN5OS/c1-15-14-19(16(2)29(15)3)23-22(20-6-4-5-12-26-20)28-24(32)30(23)13-11-21(31)27-18-9-7-17(25)8-10-18/h4-10,12,14,22-23H,11,13H2,1-3H3,(H,27,31)(H,28,32)/t22-,23-/m1/s1. The third kappa shape index (κ3) is 4.36. The molecule has 0 radical (unpaired) electrons. The Morgan fingerprint density at radius 3 is 2.59 bits per heavy atom. The highest BCUT2D eigenvalue weighted by Gasteiger charge is 2.41. The Morgan fingerprint density at radius 2 is 1.97 bits per heavy atom. The maximum absolute atomic E-state index is 13.1. The van der Waals surface area contributed by atoms with Crippen LogP contribution in [0.15, 0.2) is 54.7 Å². The Labute approximate surface area is 192 Å². The van der Waals surface area contributed by atoms with E-state index in [1.165, 1.54) is 12.1 Å². The van der Waals surface area contributed by atoms with Crippen molar-refractivity contribution in [2.75, 3.05) is 11.9 Å². The maximum Gasteiger partial charge on any atom is 0.226 e. The Bertz CT molecular complexity index is 1130. The number of benzene rings is 1. The van der Waals surface area contributed by atoms with Crippen LogP contribution >= 0.6 is 12.2 Å². The van der Waals surface area contributed by atoms with E-state index < -0.39 is 0 Å².